The van der Waals surface area contributed by atoms with Crippen LogP contribution >= 0.6 is 11.8 Å². The van der Waals surface area contributed by atoms with E-state index in [-0.39, 0.29) is 6.04 Å². The lowest BCUT2D eigenvalue weighted by Gasteiger charge is -2.10. The second kappa shape index (κ2) is 5.34. The summed E-state index contributed by atoms with van der Waals surface area (Å²) in [7, 11) is 0. The molecule has 0 bridgehead atoms. The second-order valence-corrected chi connectivity index (χ2v) is 5.16. The number of nitrogens with zero attached hydrogens (tertiary/aromatic N) is 1. The Kier molecular flexibility index (Phi) is 3.82. The Bertz CT molecular complexity index is 492. The molecule has 0 saturated carbocycles. The van der Waals surface area contributed by atoms with Crippen LogP contribution in [0.4, 0.5) is 0 Å². The third kappa shape index (κ3) is 3.08. The van der Waals surface area contributed by atoms with Crippen molar-refractivity contribution in [2.75, 3.05) is 0 Å². The monoisotopic (exact) mass is 244 g/mol. The first-order valence-corrected chi connectivity index (χ1v) is 6.43. The molecule has 1 heterocycles. The van der Waals surface area contributed by atoms with Crippen LogP contribution in [-0.2, 0) is 0 Å². The fraction of sp³-hybridized carbons (Fsp3) is 0.214. The van der Waals surface area contributed by atoms with Crippen molar-refractivity contribution in [3.05, 3.63) is 53.7 Å². The van der Waals surface area contributed by atoms with E-state index in [2.05, 4.69) is 36.2 Å². The summed E-state index contributed by atoms with van der Waals surface area (Å²) in [5.74, 6) is 0. The SMILES string of the molecule is Cc1ccc(Sc2ncccc2[C@@H](C)N)cc1. The van der Waals surface area contributed by atoms with Crippen LogP contribution < -0.4 is 5.73 Å². The first-order valence-electron chi connectivity index (χ1n) is 5.62. The van der Waals surface area contributed by atoms with Gasteiger partial charge in [0.25, 0.3) is 0 Å². The summed E-state index contributed by atoms with van der Waals surface area (Å²) in [5.41, 5.74) is 8.30. The molecule has 0 radical (unpaired) electrons. The Hall–Kier alpha value is -1.32. The van der Waals surface area contributed by atoms with E-state index in [1.165, 1.54) is 10.5 Å². The van der Waals surface area contributed by atoms with Gasteiger partial charge in [-0.25, -0.2) is 4.98 Å². The third-order valence-electron chi connectivity index (χ3n) is 2.53. The van der Waals surface area contributed by atoms with Crippen molar-refractivity contribution in [2.24, 2.45) is 5.73 Å². The molecule has 1 aromatic heterocycles. The summed E-state index contributed by atoms with van der Waals surface area (Å²) in [5, 5.41) is 0.992. The number of aryl methyl sites for hydroxylation is 1. The molecule has 0 aliphatic carbocycles. The number of aromatic nitrogens is 1. The van der Waals surface area contributed by atoms with E-state index in [4.69, 9.17) is 5.73 Å². The standard InChI is InChI=1S/C14H16N2S/c1-10-5-7-12(8-6-10)17-14-13(11(2)15)4-3-9-16-14/h3-9,11H,15H2,1-2H3/t11-/m1/s1. The molecule has 2 aromatic rings. The Morgan fingerprint density at radius 1 is 1.18 bits per heavy atom. The minimum Gasteiger partial charge on any atom is -0.324 e. The zero-order valence-corrected chi connectivity index (χ0v) is 10.9. The van der Waals surface area contributed by atoms with Gasteiger partial charge in [0.15, 0.2) is 0 Å². The van der Waals surface area contributed by atoms with Crippen LogP contribution in [0.25, 0.3) is 0 Å². The van der Waals surface area contributed by atoms with Crippen molar-refractivity contribution in [1.29, 1.82) is 0 Å². The van der Waals surface area contributed by atoms with Gasteiger partial charge in [-0.3, -0.25) is 0 Å². The lowest BCUT2D eigenvalue weighted by Crippen LogP contribution is -2.07. The molecule has 2 nitrogen and oxygen atoms in total. The molecule has 17 heavy (non-hydrogen) atoms. The molecule has 0 saturated heterocycles. The molecule has 2 N–H and O–H groups in total. The van der Waals surface area contributed by atoms with E-state index in [1.807, 2.05) is 25.3 Å². The maximum Gasteiger partial charge on any atom is 0.105 e. The van der Waals surface area contributed by atoms with Crippen molar-refractivity contribution in [3.63, 3.8) is 0 Å². The molecule has 1 atom stereocenters. The maximum absolute atomic E-state index is 5.94. The Balaban J connectivity index is 2.26. The smallest absolute Gasteiger partial charge is 0.105 e. The van der Waals surface area contributed by atoms with Crippen molar-refractivity contribution in [2.45, 2.75) is 29.8 Å². The van der Waals surface area contributed by atoms with Crippen LogP contribution in [0.15, 0.2) is 52.5 Å². The van der Waals surface area contributed by atoms with Gasteiger partial charge in [-0.2, -0.15) is 0 Å². The predicted octanol–water partition coefficient (Wildman–Crippen LogP) is 3.56. The molecule has 2 rings (SSSR count). The normalized spacial score (nSPS) is 12.4. The van der Waals surface area contributed by atoms with Crippen molar-refractivity contribution in [1.82, 2.24) is 4.98 Å². The molecule has 0 aliphatic heterocycles. The largest absolute Gasteiger partial charge is 0.324 e. The van der Waals surface area contributed by atoms with Crippen LogP contribution in [0.3, 0.4) is 0 Å². The van der Waals surface area contributed by atoms with Gasteiger partial charge >= 0.3 is 0 Å². The van der Waals surface area contributed by atoms with Crippen molar-refractivity contribution < 1.29 is 0 Å². The topological polar surface area (TPSA) is 38.9 Å². The summed E-state index contributed by atoms with van der Waals surface area (Å²) >= 11 is 1.66. The van der Waals surface area contributed by atoms with Crippen molar-refractivity contribution in [3.8, 4) is 0 Å². The molecular weight excluding hydrogens is 228 g/mol. The quantitative estimate of drug-likeness (QED) is 0.897. The summed E-state index contributed by atoms with van der Waals surface area (Å²) < 4.78 is 0. The van der Waals surface area contributed by atoms with Crippen LogP contribution in [0, 0.1) is 6.92 Å². The highest BCUT2D eigenvalue weighted by molar-refractivity contribution is 7.99. The van der Waals surface area contributed by atoms with E-state index >= 15 is 0 Å². The highest BCUT2D eigenvalue weighted by atomic mass is 32.2. The maximum atomic E-state index is 5.94. The average molecular weight is 244 g/mol. The third-order valence-corrected chi connectivity index (χ3v) is 3.57. The fourth-order valence-corrected chi connectivity index (χ4v) is 2.53. The molecule has 0 amide bonds. The van der Waals surface area contributed by atoms with Crippen LogP contribution in [0.5, 0.6) is 0 Å². The molecule has 0 spiro atoms. The van der Waals surface area contributed by atoms with E-state index in [0.29, 0.717) is 0 Å². The Morgan fingerprint density at radius 2 is 1.88 bits per heavy atom. The van der Waals surface area contributed by atoms with Gasteiger partial charge in [0.2, 0.25) is 0 Å². The summed E-state index contributed by atoms with van der Waals surface area (Å²) in [6.45, 7) is 4.07. The zero-order chi connectivity index (χ0) is 12.3. The van der Waals surface area contributed by atoms with E-state index in [9.17, 15) is 0 Å². The van der Waals surface area contributed by atoms with Crippen LogP contribution in [0.2, 0.25) is 0 Å². The van der Waals surface area contributed by atoms with Gasteiger partial charge in [0.05, 0.1) is 0 Å². The van der Waals surface area contributed by atoms with Gasteiger partial charge < -0.3 is 5.73 Å². The molecule has 0 unspecified atom stereocenters. The van der Waals surface area contributed by atoms with Gasteiger partial charge in [0.1, 0.15) is 5.03 Å². The second-order valence-electron chi connectivity index (χ2n) is 4.10. The highest BCUT2D eigenvalue weighted by Crippen LogP contribution is 2.30. The van der Waals surface area contributed by atoms with Crippen molar-refractivity contribution >= 4 is 11.8 Å². The zero-order valence-electron chi connectivity index (χ0n) is 10.1. The number of rotatable bonds is 3. The molecular formula is C14H16N2S. The Labute approximate surface area is 106 Å². The number of hydrogen-bond donors (Lipinski definition) is 1. The fourth-order valence-electron chi connectivity index (χ4n) is 1.55. The minimum atomic E-state index is 0.0108. The number of pyridine rings is 1. The van der Waals surface area contributed by atoms with Gasteiger partial charge in [-0.15, -0.1) is 0 Å². The molecule has 1 aromatic carbocycles. The van der Waals surface area contributed by atoms with E-state index in [0.717, 1.165) is 10.6 Å². The lowest BCUT2D eigenvalue weighted by atomic mass is 10.2. The Morgan fingerprint density at radius 3 is 2.53 bits per heavy atom. The summed E-state index contributed by atoms with van der Waals surface area (Å²) in [6.07, 6.45) is 1.81. The predicted molar refractivity (Wildman–Crippen MR) is 72.1 cm³/mol. The first-order chi connectivity index (χ1) is 8.16. The molecule has 0 aliphatic rings. The number of hydrogen-bond acceptors (Lipinski definition) is 3. The molecule has 88 valence electrons. The highest BCUT2D eigenvalue weighted by Gasteiger charge is 2.08. The van der Waals surface area contributed by atoms with Crippen LogP contribution in [-0.4, -0.2) is 4.98 Å². The van der Waals surface area contributed by atoms with Gasteiger partial charge in [-0.1, -0.05) is 35.5 Å². The number of benzene rings is 1. The molecule has 3 heteroatoms. The number of nitrogens with two attached hydrogens (primary N) is 1. The summed E-state index contributed by atoms with van der Waals surface area (Å²) in [4.78, 5) is 5.59. The molecule has 0 fully saturated rings. The van der Waals surface area contributed by atoms with Gasteiger partial charge in [0, 0.05) is 22.7 Å². The minimum absolute atomic E-state index is 0.0108. The van der Waals surface area contributed by atoms with E-state index in [1.54, 1.807) is 11.8 Å². The van der Waals surface area contributed by atoms with Crippen LogP contribution in [0.1, 0.15) is 24.1 Å². The van der Waals surface area contributed by atoms with E-state index < -0.39 is 0 Å². The average Bonchev–Trinajstić information content (AvgIpc) is 2.32. The van der Waals surface area contributed by atoms with Gasteiger partial charge in [-0.05, 0) is 32.0 Å². The summed E-state index contributed by atoms with van der Waals surface area (Å²) in [6, 6.07) is 12.4. The lowest BCUT2D eigenvalue weighted by molar-refractivity contribution is 0.779. The first kappa shape index (κ1) is 12.1.